The van der Waals surface area contributed by atoms with E-state index < -0.39 is 0 Å². The van der Waals surface area contributed by atoms with Crippen LogP contribution in [0.1, 0.15) is 18.4 Å². The number of rotatable bonds is 9. The summed E-state index contributed by atoms with van der Waals surface area (Å²) in [6, 6.07) is 14.4. The van der Waals surface area contributed by atoms with Gasteiger partial charge in [0.15, 0.2) is 11.0 Å². The zero-order valence-electron chi connectivity index (χ0n) is 18.7. The number of benzene rings is 2. The standard InChI is InChI=1S/C25H26FN5O2S/c26-18-9-7-17(8-10-18)11-12-27-23(32)16-34-25-30-29-24(31(25)15-19-4-3-13-33-19)21-14-28-22-6-2-1-5-20(21)22/h1-2,5-10,14,19,28H,3-4,11-13,15-16H2,(H,27,32). The van der Waals surface area contributed by atoms with Crippen LogP contribution in [0.5, 0.6) is 0 Å². The maximum absolute atomic E-state index is 13.0. The zero-order chi connectivity index (χ0) is 23.3. The highest BCUT2D eigenvalue weighted by Crippen LogP contribution is 2.31. The first-order valence-electron chi connectivity index (χ1n) is 11.4. The molecule has 0 radical (unpaired) electrons. The van der Waals surface area contributed by atoms with Gasteiger partial charge in [-0.25, -0.2) is 4.39 Å². The van der Waals surface area contributed by atoms with Crippen molar-refractivity contribution in [2.75, 3.05) is 18.9 Å². The van der Waals surface area contributed by atoms with Crippen LogP contribution in [-0.2, 0) is 22.5 Å². The van der Waals surface area contributed by atoms with Crippen LogP contribution in [0.4, 0.5) is 4.39 Å². The number of ether oxygens (including phenoxy) is 1. The van der Waals surface area contributed by atoms with Crippen molar-refractivity contribution in [3.63, 3.8) is 0 Å². The second-order valence-corrected chi connectivity index (χ2v) is 9.26. The van der Waals surface area contributed by atoms with Crippen molar-refractivity contribution >= 4 is 28.6 Å². The van der Waals surface area contributed by atoms with Gasteiger partial charge < -0.3 is 15.0 Å². The molecule has 2 aromatic heterocycles. The predicted octanol–water partition coefficient (Wildman–Crippen LogP) is 4.20. The van der Waals surface area contributed by atoms with Gasteiger partial charge in [0.05, 0.1) is 18.4 Å². The van der Waals surface area contributed by atoms with E-state index in [1.807, 2.05) is 24.4 Å². The summed E-state index contributed by atoms with van der Waals surface area (Å²) in [5.74, 6) is 0.670. The highest BCUT2D eigenvalue weighted by molar-refractivity contribution is 7.99. The molecule has 0 saturated carbocycles. The number of amides is 1. The minimum absolute atomic E-state index is 0.0765. The number of carbonyl (C=O) groups is 1. The maximum atomic E-state index is 13.0. The van der Waals surface area contributed by atoms with Crippen LogP contribution in [0.3, 0.4) is 0 Å². The molecule has 34 heavy (non-hydrogen) atoms. The molecule has 0 bridgehead atoms. The van der Waals surface area contributed by atoms with Crippen LogP contribution in [0.15, 0.2) is 59.9 Å². The molecule has 2 aromatic carbocycles. The van der Waals surface area contributed by atoms with Crippen LogP contribution in [-0.4, -0.2) is 50.7 Å². The molecule has 1 fully saturated rings. The number of thioether (sulfide) groups is 1. The number of fused-ring (bicyclic) bond motifs is 1. The lowest BCUT2D eigenvalue weighted by molar-refractivity contribution is -0.118. The van der Waals surface area contributed by atoms with E-state index in [1.54, 1.807) is 12.1 Å². The molecular weight excluding hydrogens is 453 g/mol. The third kappa shape index (κ3) is 5.15. The number of nitrogens with zero attached hydrogens (tertiary/aromatic N) is 3. The highest BCUT2D eigenvalue weighted by Gasteiger charge is 2.23. The quantitative estimate of drug-likeness (QED) is 0.352. The Morgan fingerprint density at radius 2 is 2.06 bits per heavy atom. The molecule has 1 saturated heterocycles. The van der Waals surface area contributed by atoms with Gasteiger partial charge in [-0.15, -0.1) is 10.2 Å². The Kier molecular flexibility index (Phi) is 6.92. The molecule has 1 unspecified atom stereocenters. The Morgan fingerprint density at radius 1 is 1.21 bits per heavy atom. The van der Waals surface area contributed by atoms with Crippen LogP contribution in [0.2, 0.25) is 0 Å². The second kappa shape index (κ2) is 10.4. The van der Waals surface area contributed by atoms with Gasteiger partial charge in [0.2, 0.25) is 5.91 Å². The van der Waals surface area contributed by atoms with Gasteiger partial charge in [-0.05, 0) is 43.0 Å². The van der Waals surface area contributed by atoms with Crippen LogP contribution in [0.25, 0.3) is 22.3 Å². The predicted molar refractivity (Wildman–Crippen MR) is 130 cm³/mol. The molecule has 4 aromatic rings. The molecule has 1 aliphatic rings. The summed E-state index contributed by atoms with van der Waals surface area (Å²) >= 11 is 1.37. The maximum Gasteiger partial charge on any atom is 0.230 e. The van der Waals surface area contributed by atoms with Crippen molar-refractivity contribution in [2.45, 2.75) is 37.1 Å². The normalized spacial score (nSPS) is 15.7. The monoisotopic (exact) mass is 479 g/mol. The number of H-pyrrole nitrogens is 1. The molecule has 9 heteroatoms. The first-order valence-corrected chi connectivity index (χ1v) is 12.4. The number of nitrogens with one attached hydrogen (secondary N) is 2. The van der Waals surface area contributed by atoms with Gasteiger partial charge in [-0.2, -0.15) is 0 Å². The number of aromatic nitrogens is 4. The average molecular weight is 480 g/mol. The lowest BCUT2D eigenvalue weighted by Crippen LogP contribution is -2.27. The van der Waals surface area contributed by atoms with Gasteiger partial charge in [-0.1, -0.05) is 42.1 Å². The van der Waals surface area contributed by atoms with Crippen molar-refractivity contribution in [3.05, 3.63) is 66.1 Å². The summed E-state index contributed by atoms with van der Waals surface area (Å²) in [6.07, 6.45) is 4.77. The topological polar surface area (TPSA) is 84.8 Å². The summed E-state index contributed by atoms with van der Waals surface area (Å²) in [7, 11) is 0. The van der Waals surface area contributed by atoms with E-state index in [0.717, 1.165) is 47.3 Å². The highest BCUT2D eigenvalue weighted by atomic mass is 32.2. The first kappa shape index (κ1) is 22.6. The van der Waals surface area contributed by atoms with Gasteiger partial charge >= 0.3 is 0 Å². The Balaban J connectivity index is 1.27. The SMILES string of the molecule is O=C(CSc1nnc(-c2c[nH]c3ccccc23)n1CC1CCCO1)NCCc1ccc(F)cc1. The molecule has 1 aliphatic heterocycles. The number of halogens is 1. The molecule has 3 heterocycles. The minimum Gasteiger partial charge on any atom is -0.376 e. The number of para-hydroxylation sites is 1. The first-order chi connectivity index (χ1) is 16.7. The molecule has 2 N–H and O–H groups in total. The van der Waals surface area contributed by atoms with Crippen molar-refractivity contribution in [1.82, 2.24) is 25.1 Å². The Labute approximate surface area is 201 Å². The van der Waals surface area contributed by atoms with E-state index in [-0.39, 0.29) is 23.6 Å². The van der Waals surface area contributed by atoms with E-state index in [4.69, 9.17) is 4.74 Å². The fourth-order valence-corrected chi connectivity index (χ4v) is 4.96. The van der Waals surface area contributed by atoms with Crippen LogP contribution in [0, 0.1) is 5.82 Å². The summed E-state index contributed by atoms with van der Waals surface area (Å²) < 4.78 is 21.0. The van der Waals surface area contributed by atoms with Crippen molar-refractivity contribution in [3.8, 4) is 11.4 Å². The molecular formula is C25H26FN5O2S. The van der Waals surface area contributed by atoms with Crippen molar-refractivity contribution < 1.29 is 13.9 Å². The van der Waals surface area contributed by atoms with E-state index in [9.17, 15) is 9.18 Å². The fourth-order valence-electron chi connectivity index (χ4n) is 4.19. The van der Waals surface area contributed by atoms with Crippen LogP contribution < -0.4 is 5.32 Å². The van der Waals surface area contributed by atoms with Gasteiger partial charge in [0.25, 0.3) is 0 Å². The van der Waals surface area contributed by atoms with Crippen LogP contribution >= 0.6 is 11.8 Å². The summed E-state index contributed by atoms with van der Waals surface area (Å²) in [6.45, 7) is 1.92. The number of aromatic amines is 1. The van der Waals surface area contributed by atoms with E-state index in [0.29, 0.717) is 24.7 Å². The van der Waals surface area contributed by atoms with E-state index in [2.05, 4.69) is 31.1 Å². The number of hydrogen-bond donors (Lipinski definition) is 2. The molecule has 1 amide bonds. The van der Waals surface area contributed by atoms with Crippen molar-refractivity contribution in [1.29, 1.82) is 0 Å². The fraction of sp³-hybridized carbons (Fsp3) is 0.320. The molecule has 5 rings (SSSR count). The summed E-state index contributed by atoms with van der Waals surface area (Å²) in [5.41, 5.74) is 3.00. The number of carbonyl (C=O) groups excluding carboxylic acids is 1. The van der Waals surface area contributed by atoms with E-state index in [1.165, 1.54) is 23.9 Å². The Hall–Kier alpha value is -3.17. The zero-order valence-corrected chi connectivity index (χ0v) is 19.5. The van der Waals surface area contributed by atoms with Gasteiger partial charge in [-0.3, -0.25) is 9.36 Å². The third-order valence-electron chi connectivity index (χ3n) is 5.94. The Morgan fingerprint density at radius 3 is 2.88 bits per heavy atom. The summed E-state index contributed by atoms with van der Waals surface area (Å²) in [4.78, 5) is 15.8. The smallest absolute Gasteiger partial charge is 0.230 e. The van der Waals surface area contributed by atoms with Gasteiger partial charge in [0, 0.05) is 35.8 Å². The molecule has 0 aliphatic carbocycles. The average Bonchev–Trinajstić information content (AvgIpc) is 3.60. The second-order valence-electron chi connectivity index (χ2n) is 8.31. The van der Waals surface area contributed by atoms with Crippen molar-refractivity contribution in [2.24, 2.45) is 0 Å². The van der Waals surface area contributed by atoms with Gasteiger partial charge in [0.1, 0.15) is 5.82 Å². The molecule has 1 atom stereocenters. The van der Waals surface area contributed by atoms with E-state index >= 15 is 0 Å². The Bertz CT molecular complexity index is 1260. The molecule has 0 spiro atoms. The number of hydrogen-bond acceptors (Lipinski definition) is 5. The molecule has 176 valence electrons. The lowest BCUT2D eigenvalue weighted by Gasteiger charge is -2.14. The minimum atomic E-state index is -0.261. The molecule has 7 nitrogen and oxygen atoms in total. The lowest BCUT2D eigenvalue weighted by atomic mass is 10.1. The summed E-state index contributed by atoms with van der Waals surface area (Å²) in [5, 5.41) is 13.6. The third-order valence-corrected chi connectivity index (χ3v) is 6.91. The largest absolute Gasteiger partial charge is 0.376 e.